The molecule has 4 fully saturated rings. The Morgan fingerprint density at radius 1 is 0.913 bits per heavy atom. The van der Waals surface area contributed by atoms with E-state index in [4.69, 9.17) is 0 Å². The van der Waals surface area contributed by atoms with Gasteiger partial charge in [-0.05, 0) is 99.2 Å². The summed E-state index contributed by atoms with van der Waals surface area (Å²) < 4.78 is 0. The SMILES string of the molecule is CC(=O)C1CCC2C3CCC4C[C@H](O)CC[C@]4(C)C3CC[C@]12C. The van der Waals surface area contributed by atoms with Crippen molar-refractivity contribution >= 4 is 5.78 Å². The maximum atomic E-state index is 12.2. The number of hydrogen-bond acceptors (Lipinski definition) is 2. The quantitative estimate of drug-likeness (QED) is 0.767. The van der Waals surface area contributed by atoms with Gasteiger partial charge in [0.2, 0.25) is 0 Å². The van der Waals surface area contributed by atoms with E-state index in [1.165, 1.54) is 38.5 Å². The fourth-order valence-electron chi connectivity index (χ4n) is 7.90. The van der Waals surface area contributed by atoms with Crippen LogP contribution in [0.3, 0.4) is 0 Å². The number of carbonyl (C=O) groups excluding carboxylic acids is 1. The van der Waals surface area contributed by atoms with Crippen molar-refractivity contribution in [2.75, 3.05) is 0 Å². The predicted octanol–water partition coefficient (Wildman–Crippen LogP) is 4.60. The van der Waals surface area contributed by atoms with Crippen LogP contribution in [-0.2, 0) is 4.79 Å². The van der Waals surface area contributed by atoms with Crippen LogP contribution in [0.2, 0.25) is 0 Å². The molecule has 4 rings (SSSR count). The second kappa shape index (κ2) is 5.31. The molecule has 2 heteroatoms. The Hall–Kier alpha value is -0.370. The van der Waals surface area contributed by atoms with Crippen molar-refractivity contribution in [1.82, 2.24) is 0 Å². The van der Waals surface area contributed by atoms with Gasteiger partial charge in [0.05, 0.1) is 6.10 Å². The minimum absolute atomic E-state index is 0.0490. The van der Waals surface area contributed by atoms with E-state index < -0.39 is 0 Å². The van der Waals surface area contributed by atoms with E-state index in [0.29, 0.717) is 17.1 Å². The van der Waals surface area contributed by atoms with Crippen molar-refractivity contribution in [1.29, 1.82) is 0 Å². The summed E-state index contributed by atoms with van der Waals surface area (Å²) in [7, 11) is 0. The molecule has 0 aromatic carbocycles. The molecular formula is C21H34O2. The minimum Gasteiger partial charge on any atom is -0.393 e. The second-order valence-electron chi connectivity index (χ2n) is 9.87. The van der Waals surface area contributed by atoms with Crippen LogP contribution in [0.15, 0.2) is 0 Å². The summed E-state index contributed by atoms with van der Waals surface area (Å²) in [5.74, 6) is 3.97. The monoisotopic (exact) mass is 318 g/mol. The zero-order valence-corrected chi connectivity index (χ0v) is 15.2. The van der Waals surface area contributed by atoms with Gasteiger partial charge in [0.15, 0.2) is 0 Å². The lowest BCUT2D eigenvalue weighted by molar-refractivity contribution is -0.138. The molecule has 0 heterocycles. The normalized spacial score (nSPS) is 55.7. The lowest BCUT2D eigenvalue weighted by atomic mass is 9.44. The molecule has 0 aliphatic heterocycles. The average Bonchev–Trinajstić information content (AvgIpc) is 2.85. The van der Waals surface area contributed by atoms with Gasteiger partial charge in [-0.1, -0.05) is 13.8 Å². The zero-order chi connectivity index (χ0) is 16.4. The van der Waals surface area contributed by atoms with Crippen molar-refractivity contribution in [2.45, 2.75) is 84.7 Å². The second-order valence-corrected chi connectivity index (χ2v) is 9.87. The summed E-state index contributed by atoms with van der Waals surface area (Å²) in [6.45, 7) is 6.80. The summed E-state index contributed by atoms with van der Waals surface area (Å²) in [5, 5.41) is 10.1. The van der Waals surface area contributed by atoms with Crippen LogP contribution in [0.1, 0.15) is 78.6 Å². The molecule has 0 bridgehead atoms. The number of Topliss-reactive ketones (excluding diaryl/α,β-unsaturated/α-hetero) is 1. The number of aliphatic hydroxyl groups excluding tert-OH is 1. The molecule has 4 aliphatic carbocycles. The number of aliphatic hydroxyl groups is 1. The van der Waals surface area contributed by atoms with Gasteiger partial charge in [-0.2, -0.15) is 0 Å². The van der Waals surface area contributed by atoms with E-state index in [1.54, 1.807) is 0 Å². The highest BCUT2D eigenvalue weighted by atomic mass is 16.3. The molecule has 2 nitrogen and oxygen atoms in total. The molecule has 5 unspecified atom stereocenters. The highest BCUT2D eigenvalue weighted by Gasteiger charge is 2.60. The van der Waals surface area contributed by atoms with Crippen LogP contribution in [0.25, 0.3) is 0 Å². The summed E-state index contributed by atoms with van der Waals surface area (Å²) in [6, 6.07) is 0. The fourth-order valence-corrected chi connectivity index (χ4v) is 7.90. The molecule has 0 spiro atoms. The molecule has 0 radical (unpaired) electrons. The highest BCUT2D eigenvalue weighted by molar-refractivity contribution is 5.79. The van der Waals surface area contributed by atoms with Crippen LogP contribution in [0, 0.1) is 40.4 Å². The van der Waals surface area contributed by atoms with Crippen molar-refractivity contribution in [3.8, 4) is 0 Å². The smallest absolute Gasteiger partial charge is 0.133 e. The van der Waals surface area contributed by atoms with E-state index in [2.05, 4.69) is 13.8 Å². The number of rotatable bonds is 1. The molecule has 4 aliphatic rings. The van der Waals surface area contributed by atoms with Gasteiger partial charge in [0, 0.05) is 5.92 Å². The van der Waals surface area contributed by atoms with Gasteiger partial charge in [-0.25, -0.2) is 0 Å². The van der Waals surface area contributed by atoms with Crippen LogP contribution in [0.4, 0.5) is 0 Å². The van der Waals surface area contributed by atoms with Crippen LogP contribution in [0.5, 0.6) is 0 Å². The molecule has 0 aromatic rings. The summed E-state index contributed by atoms with van der Waals surface area (Å²) in [5.41, 5.74) is 0.738. The Kier molecular flexibility index (Phi) is 3.72. The Morgan fingerprint density at radius 3 is 2.35 bits per heavy atom. The Balaban J connectivity index is 1.61. The van der Waals surface area contributed by atoms with Gasteiger partial charge in [-0.15, -0.1) is 0 Å². The van der Waals surface area contributed by atoms with Crippen molar-refractivity contribution in [3.63, 3.8) is 0 Å². The fraction of sp³-hybridized carbons (Fsp3) is 0.952. The maximum absolute atomic E-state index is 12.2. The Morgan fingerprint density at radius 2 is 1.61 bits per heavy atom. The van der Waals surface area contributed by atoms with Crippen LogP contribution < -0.4 is 0 Å². The first kappa shape index (κ1) is 16.1. The van der Waals surface area contributed by atoms with Gasteiger partial charge >= 0.3 is 0 Å². The largest absolute Gasteiger partial charge is 0.393 e. The first-order chi connectivity index (χ1) is 10.9. The van der Waals surface area contributed by atoms with Gasteiger partial charge in [0.1, 0.15) is 5.78 Å². The summed E-state index contributed by atoms with van der Waals surface area (Å²) in [4.78, 5) is 12.2. The maximum Gasteiger partial charge on any atom is 0.133 e. The van der Waals surface area contributed by atoms with Crippen molar-refractivity contribution < 1.29 is 9.90 Å². The van der Waals surface area contributed by atoms with E-state index in [-0.39, 0.29) is 11.5 Å². The molecule has 1 N–H and O–H groups in total. The van der Waals surface area contributed by atoms with Crippen LogP contribution in [-0.4, -0.2) is 17.0 Å². The lowest BCUT2D eigenvalue weighted by Crippen LogP contribution is -2.54. The predicted molar refractivity (Wildman–Crippen MR) is 91.9 cm³/mol. The van der Waals surface area contributed by atoms with E-state index >= 15 is 0 Å². The average molecular weight is 319 g/mol. The van der Waals surface area contributed by atoms with Crippen molar-refractivity contribution in [3.05, 3.63) is 0 Å². The van der Waals surface area contributed by atoms with Crippen LogP contribution >= 0.6 is 0 Å². The third kappa shape index (κ3) is 2.19. The first-order valence-electron chi connectivity index (χ1n) is 10.0. The molecule has 8 atom stereocenters. The van der Waals surface area contributed by atoms with E-state index in [1.807, 2.05) is 6.92 Å². The minimum atomic E-state index is -0.0490. The summed E-state index contributed by atoms with van der Waals surface area (Å²) in [6.07, 6.45) is 10.9. The first-order valence-corrected chi connectivity index (χ1v) is 10.0. The summed E-state index contributed by atoms with van der Waals surface area (Å²) >= 11 is 0. The molecule has 23 heavy (non-hydrogen) atoms. The molecule has 0 saturated heterocycles. The molecule has 4 saturated carbocycles. The third-order valence-corrected chi connectivity index (χ3v) is 9.13. The number of carbonyl (C=O) groups is 1. The van der Waals surface area contributed by atoms with E-state index in [9.17, 15) is 9.90 Å². The van der Waals surface area contributed by atoms with Gasteiger partial charge < -0.3 is 5.11 Å². The number of hydrogen-bond donors (Lipinski definition) is 1. The number of ketones is 1. The topological polar surface area (TPSA) is 37.3 Å². The van der Waals surface area contributed by atoms with Crippen molar-refractivity contribution in [2.24, 2.45) is 40.4 Å². The Labute approximate surface area is 141 Å². The van der Waals surface area contributed by atoms with Gasteiger partial charge in [0.25, 0.3) is 0 Å². The molecule has 130 valence electrons. The standard InChI is InChI=1S/C21H34O2/c1-13(22)17-6-7-18-16-5-4-14-12-15(23)8-10-20(14,2)19(16)9-11-21(17,18)3/h14-19,23H,4-12H2,1-3H3/t14?,15-,16?,17?,18?,19?,20+,21-/m1/s1. The molecule has 0 amide bonds. The third-order valence-electron chi connectivity index (χ3n) is 9.13. The molecular weight excluding hydrogens is 284 g/mol. The molecule has 0 aromatic heterocycles. The highest BCUT2D eigenvalue weighted by Crippen LogP contribution is 2.67. The van der Waals surface area contributed by atoms with Gasteiger partial charge in [-0.3, -0.25) is 4.79 Å². The number of fused-ring (bicyclic) bond motifs is 5. The zero-order valence-electron chi connectivity index (χ0n) is 15.2. The lowest BCUT2D eigenvalue weighted by Gasteiger charge is -2.60. The Bertz CT molecular complexity index is 500. The van der Waals surface area contributed by atoms with E-state index in [0.717, 1.165) is 42.9 Å².